The van der Waals surface area contributed by atoms with Crippen LogP contribution < -0.4 is 20.5 Å². The molecule has 0 aliphatic heterocycles. The van der Waals surface area contributed by atoms with E-state index in [1.54, 1.807) is 0 Å². The zero-order chi connectivity index (χ0) is 29.0. The quantitative estimate of drug-likeness (QED) is 0.174. The first-order valence-corrected chi connectivity index (χ1v) is 13.9. The van der Waals surface area contributed by atoms with Gasteiger partial charge in [-0.3, -0.25) is 29.0 Å². The summed E-state index contributed by atoms with van der Waals surface area (Å²) in [6, 6.07) is 11.1. The number of amides is 3. The van der Waals surface area contributed by atoms with Crippen molar-refractivity contribution < 1.29 is 43.2 Å². The van der Waals surface area contributed by atoms with Gasteiger partial charge < -0.3 is 25.6 Å². The predicted octanol–water partition coefficient (Wildman–Crippen LogP) is 1.48. The highest BCUT2D eigenvalue weighted by atomic mass is 31.2. The number of hydrogen-bond acceptors (Lipinski definition) is 6. The van der Waals surface area contributed by atoms with Crippen molar-refractivity contribution in [1.82, 2.24) is 16.0 Å². The molecule has 3 amide bonds. The van der Waals surface area contributed by atoms with Crippen molar-refractivity contribution in [1.29, 1.82) is 0 Å². The number of aliphatic carboxylic acids is 1. The summed E-state index contributed by atoms with van der Waals surface area (Å²) in [5.74, 6) is -2.95. The van der Waals surface area contributed by atoms with Gasteiger partial charge in [-0.2, -0.15) is 0 Å². The number of carboxylic acid groups (broad SMARTS) is 1. The molecule has 12 nitrogen and oxygen atoms in total. The van der Waals surface area contributed by atoms with Crippen molar-refractivity contribution in [3.63, 3.8) is 0 Å². The normalized spacial score (nSPS) is 12.6. The molecule has 2 rings (SSSR count). The third-order valence-electron chi connectivity index (χ3n) is 5.75. The monoisotopic (exact) mass is 563 g/mol. The van der Waals surface area contributed by atoms with E-state index in [0.717, 1.165) is 17.5 Å². The second kappa shape index (κ2) is 15.0. The molecule has 2 aromatic carbocycles. The van der Waals surface area contributed by atoms with Gasteiger partial charge in [0.15, 0.2) is 0 Å². The summed E-state index contributed by atoms with van der Waals surface area (Å²) in [7, 11) is -4.74. The topological polar surface area (TPSA) is 191 Å². The third kappa shape index (κ3) is 11.7. The molecule has 0 spiro atoms. The van der Waals surface area contributed by atoms with Gasteiger partial charge in [0.1, 0.15) is 17.8 Å². The molecule has 0 bridgehead atoms. The lowest BCUT2D eigenvalue weighted by atomic mass is 10.0. The molecule has 13 heteroatoms. The Labute approximate surface area is 226 Å². The zero-order valence-electron chi connectivity index (χ0n) is 21.8. The fourth-order valence-electron chi connectivity index (χ4n) is 3.91. The standard InChI is InChI=1S/C26H34N3O9P/c1-3-19-6-4-5-7-20(19)14-15-27-25(33)22(12-13-24(31)32)29-26(34)23(28-17(2)30)16-18-8-10-21(11-9-18)38-39(35,36)37/h4-11,22-23H,3,12-16H2,1-2H3,(H,27,33)(H,28,30)(H,29,34)(H,31,32)(H2,35,36,37)/t22-,23-/m0/s1. The fourth-order valence-corrected chi connectivity index (χ4v) is 4.31. The Bertz CT molecular complexity index is 1200. The van der Waals surface area contributed by atoms with Crippen LogP contribution in [0.25, 0.3) is 0 Å². The molecular weight excluding hydrogens is 529 g/mol. The summed E-state index contributed by atoms with van der Waals surface area (Å²) in [5, 5.41) is 16.9. The van der Waals surface area contributed by atoms with E-state index in [4.69, 9.17) is 14.9 Å². The Hall–Kier alpha value is -3.73. The largest absolute Gasteiger partial charge is 0.524 e. The zero-order valence-corrected chi connectivity index (χ0v) is 22.6. The van der Waals surface area contributed by atoms with E-state index in [-0.39, 0.29) is 31.6 Å². The maximum absolute atomic E-state index is 13.1. The van der Waals surface area contributed by atoms with E-state index in [0.29, 0.717) is 12.0 Å². The maximum Gasteiger partial charge on any atom is 0.524 e. The first-order valence-electron chi connectivity index (χ1n) is 12.4. The van der Waals surface area contributed by atoms with Gasteiger partial charge in [0.05, 0.1) is 0 Å². The Balaban J connectivity index is 2.09. The Morgan fingerprint density at radius 1 is 0.923 bits per heavy atom. The van der Waals surface area contributed by atoms with Crippen LogP contribution in [0.5, 0.6) is 5.75 Å². The second-order valence-corrected chi connectivity index (χ2v) is 10.0. The molecule has 2 atom stereocenters. The van der Waals surface area contributed by atoms with Gasteiger partial charge >= 0.3 is 13.8 Å². The summed E-state index contributed by atoms with van der Waals surface area (Å²) in [6.45, 7) is 3.54. The average molecular weight is 564 g/mol. The third-order valence-corrected chi connectivity index (χ3v) is 6.20. The van der Waals surface area contributed by atoms with Gasteiger partial charge in [0, 0.05) is 26.3 Å². The van der Waals surface area contributed by atoms with Crippen molar-refractivity contribution in [2.75, 3.05) is 6.54 Å². The molecule has 0 radical (unpaired) electrons. The summed E-state index contributed by atoms with van der Waals surface area (Å²) in [4.78, 5) is 66.8. The van der Waals surface area contributed by atoms with E-state index in [2.05, 4.69) is 20.5 Å². The van der Waals surface area contributed by atoms with Crippen LogP contribution in [-0.4, -0.2) is 57.2 Å². The number of carbonyl (C=O) groups excluding carboxylic acids is 3. The summed E-state index contributed by atoms with van der Waals surface area (Å²) >= 11 is 0. The van der Waals surface area contributed by atoms with Gasteiger partial charge in [-0.25, -0.2) is 4.57 Å². The minimum atomic E-state index is -4.74. The van der Waals surface area contributed by atoms with Gasteiger partial charge in [0.2, 0.25) is 17.7 Å². The van der Waals surface area contributed by atoms with Gasteiger partial charge in [0.25, 0.3) is 0 Å². The van der Waals surface area contributed by atoms with Crippen molar-refractivity contribution in [3.8, 4) is 5.75 Å². The number of hydrogen-bond donors (Lipinski definition) is 6. The number of carboxylic acids is 1. The van der Waals surface area contributed by atoms with Crippen molar-refractivity contribution in [2.45, 2.75) is 58.0 Å². The molecule has 0 fully saturated rings. The lowest BCUT2D eigenvalue weighted by molar-refractivity contribution is -0.138. The van der Waals surface area contributed by atoms with Crippen molar-refractivity contribution >= 4 is 31.5 Å². The number of phosphoric acid groups is 1. The lowest BCUT2D eigenvalue weighted by Crippen LogP contribution is -2.54. The minimum Gasteiger partial charge on any atom is -0.481 e. The first kappa shape index (κ1) is 31.5. The fraction of sp³-hybridized carbons (Fsp3) is 0.385. The predicted molar refractivity (Wildman–Crippen MR) is 142 cm³/mol. The molecule has 0 unspecified atom stereocenters. The average Bonchev–Trinajstić information content (AvgIpc) is 2.86. The first-order chi connectivity index (χ1) is 18.4. The number of nitrogens with one attached hydrogen (secondary N) is 3. The van der Waals surface area contributed by atoms with Crippen molar-refractivity contribution in [2.24, 2.45) is 0 Å². The summed E-state index contributed by atoms with van der Waals surface area (Å²) in [5.41, 5.74) is 2.76. The van der Waals surface area contributed by atoms with Crippen LogP contribution in [0.15, 0.2) is 48.5 Å². The van der Waals surface area contributed by atoms with E-state index >= 15 is 0 Å². The molecule has 0 aromatic heterocycles. The Kier molecular flexibility index (Phi) is 12.1. The number of phosphoric ester groups is 1. The highest BCUT2D eigenvalue weighted by Gasteiger charge is 2.27. The number of aryl methyl sites for hydroxylation is 1. The molecule has 212 valence electrons. The van der Waals surface area contributed by atoms with Crippen molar-refractivity contribution in [3.05, 3.63) is 65.2 Å². The number of benzene rings is 2. The highest BCUT2D eigenvalue weighted by molar-refractivity contribution is 7.46. The Morgan fingerprint density at radius 2 is 1.56 bits per heavy atom. The Morgan fingerprint density at radius 3 is 2.13 bits per heavy atom. The van der Waals surface area contributed by atoms with Crippen LogP contribution in [0.3, 0.4) is 0 Å². The van der Waals surface area contributed by atoms with E-state index < -0.39 is 43.6 Å². The molecule has 39 heavy (non-hydrogen) atoms. The van der Waals surface area contributed by atoms with Gasteiger partial charge in [-0.1, -0.05) is 43.3 Å². The highest BCUT2D eigenvalue weighted by Crippen LogP contribution is 2.37. The van der Waals surface area contributed by atoms with Crippen LogP contribution in [0.1, 0.15) is 43.4 Å². The van der Waals surface area contributed by atoms with Crippen LogP contribution in [0.4, 0.5) is 0 Å². The summed E-state index contributed by atoms with van der Waals surface area (Å²) in [6.07, 6.45) is 0.877. The number of carbonyl (C=O) groups is 4. The second-order valence-electron chi connectivity index (χ2n) is 8.84. The smallest absolute Gasteiger partial charge is 0.481 e. The molecule has 0 saturated carbocycles. The van der Waals surface area contributed by atoms with E-state index in [1.165, 1.54) is 31.2 Å². The van der Waals surface area contributed by atoms with E-state index in [1.807, 2.05) is 31.2 Å². The van der Waals surface area contributed by atoms with Gasteiger partial charge in [-0.05, 0) is 48.1 Å². The molecule has 2 aromatic rings. The van der Waals surface area contributed by atoms with E-state index in [9.17, 15) is 23.7 Å². The maximum atomic E-state index is 13.1. The molecule has 0 aliphatic rings. The van der Waals surface area contributed by atoms with Crippen LogP contribution in [0.2, 0.25) is 0 Å². The molecule has 6 N–H and O–H groups in total. The van der Waals surface area contributed by atoms with Crippen LogP contribution in [-0.2, 0) is 43.0 Å². The molecule has 0 heterocycles. The number of rotatable bonds is 15. The molecule has 0 saturated heterocycles. The summed E-state index contributed by atoms with van der Waals surface area (Å²) < 4.78 is 15.5. The SMILES string of the molecule is CCc1ccccc1CCNC(=O)[C@H](CCC(=O)O)NC(=O)[C@H](Cc1ccc(OP(=O)(O)O)cc1)NC(C)=O. The lowest BCUT2D eigenvalue weighted by Gasteiger charge is -2.23. The van der Waals surface area contributed by atoms with Gasteiger partial charge in [-0.15, -0.1) is 0 Å². The minimum absolute atomic E-state index is 0.0112. The molecular formula is C26H34N3O9P. The van der Waals surface area contributed by atoms with Crippen LogP contribution >= 0.6 is 7.82 Å². The van der Waals surface area contributed by atoms with Crippen LogP contribution in [0, 0.1) is 0 Å². The molecule has 0 aliphatic carbocycles.